The molecule has 4 rings (SSSR count). The van der Waals surface area contributed by atoms with Crippen molar-refractivity contribution in [3.63, 3.8) is 0 Å². The number of fused-ring (bicyclic) bond motifs is 1. The normalized spacial score (nSPS) is 16.2. The average molecular weight is 388 g/mol. The molecular weight excluding hydrogens is 375 g/mol. The number of benzene rings is 1. The Labute approximate surface area is 156 Å². The van der Waals surface area contributed by atoms with Gasteiger partial charge in [-0.1, -0.05) is 30.0 Å². The van der Waals surface area contributed by atoms with Crippen molar-refractivity contribution in [2.24, 2.45) is 5.10 Å². The van der Waals surface area contributed by atoms with E-state index in [1.165, 1.54) is 35.2 Å². The summed E-state index contributed by atoms with van der Waals surface area (Å²) in [7, 11) is 0. The molecule has 26 heavy (non-hydrogen) atoms. The molecule has 1 aliphatic rings. The van der Waals surface area contributed by atoms with E-state index < -0.39 is 5.97 Å². The SMILES string of the molecule is O=C(O)CC1Sc2nnc(Cc3ccc(F)cc3)n2N=C1c1cccs1. The van der Waals surface area contributed by atoms with Gasteiger partial charge >= 0.3 is 5.97 Å². The summed E-state index contributed by atoms with van der Waals surface area (Å²) >= 11 is 2.87. The van der Waals surface area contributed by atoms with E-state index in [9.17, 15) is 14.3 Å². The van der Waals surface area contributed by atoms with Crippen molar-refractivity contribution in [2.45, 2.75) is 23.2 Å². The van der Waals surface area contributed by atoms with Gasteiger partial charge in [-0.3, -0.25) is 4.79 Å². The van der Waals surface area contributed by atoms with E-state index in [0.717, 1.165) is 10.4 Å². The summed E-state index contributed by atoms with van der Waals surface area (Å²) in [6, 6.07) is 10.0. The second-order valence-electron chi connectivity index (χ2n) is 5.68. The minimum atomic E-state index is -0.883. The molecule has 0 radical (unpaired) electrons. The fourth-order valence-corrected chi connectivity index (χ4v) is 4.59. The molecule has 1 unspecified atom stereocenters. The number of carboxylic acid groups (broad SMARTS) is 1. The van der Waals surface area contributed by atoms with Gasteiger partial charge in [0.2, 0.25) is 5.16 Å². The van der Waals surface area contributed by atoms with E-state index in [1.807, 2.05) is 17.5 Å². The molecule has 3 aromatic rings. The number of carboxylic acids is 1. The maximum absolute atomic E-state index is 13.1. The minimum absolute atomic E-state index is 0.0401. The van der Waals surface area contributed by atoms with Crippen molar-refractivity contribution in [1.29, 1.82) is 0 Å². The molecule has 1 N–H and O–H groups in total. The summed E-state index contributed by atoms with van der Waals surface area (Å²) in [4.78, 5) is 12.2. The van der Waals surface area contributed by atoms with Gasteiger partial charge in [0.1, 0.15) is 5.82 Å². The molecule has 0 saturated carbocycles. The highest BCUT2D eigenvalue weighted by atomic mass is 32.2. The Morgan fingerprint density at radius 3 is 2.73 bits per heavy atom. The number of halogens is 1. The van der Waals surface area contributed by atoms with Crippen LogP contribution >= 0.6 is 23.1 Å². The number of carbonyl (C=O) groups is 1. The van der Waals surface area contributed by atoms with Crippen molar-refractivity contribution in [3.8, 4) is 0 Å². The zero-order chi connectivity index (χ0) is 18.1. The molecule has 0 amide bonds. The summed E-state index contributed by atoms with van der Waals surface area (Å²) in [6.07, 6.45) is 0.417. The van der Waals surface area contributed by atoms with E-state index in [4.69, 9.17) is 0 Å². The molecule has 0 saturated heterocycles. The van der Waals surface area contributed by atoms with Gasteiger partial charge in [-0.15, -0.1) is 21.5 Å². The van der Waals surface area contributed by atoms with Crippen LogP contribution in [0.2, 0.25) is 0 Å². The van der Waals surface area contributed by atoms with Gasteiger partial charge in [-0.25, -0.2) is 4.39 Å². The Morgan fingerprint density at radius 2 is 2.04 bits per heavy atom. The van der Waals surface area contributed by atoms with E-state index in [1.54, 1.807) is 16.8 Å². The quantitative estimate of drug-likeness (QED) is 0.726. The third-order valence-corrected chi connectivity index (χ3v) is 5.88. The predicted molar refractivity (Wildman–Crippen MR) is 97.4 cm³/mol. The van der Waals surface area contributed by atoms with E-state index in [-0.39, 0.29) is 17.5 Å². The number of aromatic nitrogens is 3. The van der Waals surface area contributed by atoms with Crippen LogP contribution in [0.5, 0.6) is 0 Å². The first-order valence-corrected chi connectivity index (χ1v) is 9.56. The Hall–Kier alpha value is -2.52. The zero-order valence-electron chi connectivity index (χ0n) is 13.4. The number of hydrogen-bond donors (Lipinski definition) is 1. The van der Waals surface area contributed by atoms with Crippen LogP contribution in [0.1, 0.15) is 22.7 Å². The molecule has 0 spiro atoms. The van der Waals surface area contributed by atoms with Crippen LogP contribution in [0.15, 0.2) is 52.0 Å². The minimum Gasteiger partial charge on any atom is -0.481 e. The summed E-state index contributed by atoms with van der Waals surface area (Å²) < 4.78 is 14.7. The fourth-order valence-electron chi connectivity index (χ4n) is 2.65. The number of thiophene rings is 1. The lowest BCUT2D eigenvalue weighted by molar-refractivity contribution is -0.136. The van der Waals surface area contributed by atoms with Crippen LogP contribution in [0.4, 0.5) is 4.39 Å². The maximum atomic E-state index is 13.1. The maximum Gasteiger partial charge on any atom is 0.304 e. The lowest BCUT2D eigenvalue weighted by atomic mass is 10.1. The molecule has 0 bridgehead atoms. The Morgan fingerprint density at radius 1 is 1.23 bits per heavy atom. The van der Waals surface area contributed by atoms with Gasteiger partial charge in [0.05, 0.1) is 22.3 Å². The Kier molecular flexibility index (Phi) is 4.56. The van der Waals surface area contributed by atoms with Crippen LogP contribution in [0.25, 0.3) is 0 Å². The molecule has 9 heteroatoms. The van der Waals surface area contributed by atoms with Crippen molar-refractivity contribution in [3.05, 3.63) is 63.9 Å². The van der Waals surface area contributed by atoms with Gasteiger partial charge in [0, 0.05) is 6.42 Å². The van der Waals surface area contributed by atoms with Gasteiger partial charge in [0.15, 0.2) is 5.82 Å². The van der Waals surface area contributed by atoms with Crippen LogP contribution in [0, 0.1) is 5.82 Å². The van der Waals surface area contributed by atoms with Crippen molar-refractivity contribution in [1.82, 2.24) is 14.9 Å². The molecule has 1 atom stereocenters. The van der Waals surface area contributed by atoms with Gasteiger partial charge in [-0.05, 0) is 29.1 Å². The molecule has 0 fully saturated rings. The third-order valence-electron chi connectivity index (χ3n) is 3.85. The number of aliphatic carboxylic acids is 1. The van der Waals surface area contributed by atoms with Crippen LogP contribution < -0.4 is 0 Å². The zero-order valence-corrected chi connectivity index (χ0v) is 15.0. The number of rotatable bonds is 5. The number of hydrogen-bond acceptors (Lipinski definition) is 6. The van der Waals surface area contributed by atoms with E-state index in [0.29, 0.717) is 23.1 Å². The standard InChI is InChI=1S/C17H13FN4O2S2/c18-11-5-3-10(4-6-11)8-14-19-20-17-22(14)21-16(12-2-1-7-25-12)13(26-17)9-15(23)24/h1-7,13H,8-9H2,(H,23,24). The molecule has 3 heterocycles. The molecule has 1 aliphatic heterocycles. The summed E-state index contributed by atoms with van der Waals surface area (Å²) in [5, 5.41) is 24.4. The van der Waals surface area contributed by atoms with Gasteiger partial charge in [0.25, 0.3) is 0 Å². The van der Waals surface area contributed by atoms with Crippen LogP contribution in [-0.2, 0) is 11.2 Å². The monoisotopic (exact) mass is 388 g/mol. The Balaban J connectivity index is 1.70. The second kappa shape index (κ2) is 7.00. The highest BCUT2D eigenvalue weighted by Gasteiger charge is 2.31. The molecular formula is C17H13FN4O2S2. The molecule has 0 aliphatic carbocycles. The molecule has 1 aromatic carbocycles. The lowest BCUT2D eigenvalue weighted by Crippen LogP contribution is -2.26. The molecule has 132 valence electrons. The highest BCUT2D eigenvalue weighted by molar-refractivity contribution is 8.00. The van der Waals surface area contributed by atoms with E-state index >= 15 is 0 Å². The van der Waals surface area contributed by atoms with Gasteiger partial charge in [-0.2, -0.15) is 9.78 Å². The van der Waals surface area contributed by atoms with Gasteiger partial charge < -0.3 is 5.11 Å². The van der Waals surface area contributed by atoms with Crippen molar-refractivity contribution < 1.29 is 14.3 Å². The second-order valence-corrected chi connectivity index (χ2v) is 7.80. The molecule has 6 nitrogen and oxygen atoms in total. The van der Waals surface area contributed by atoms with Crippen LogP contribution in [-0.4, -0.2) is 36.9 Å². The number of thioether (sulfide) groups is 1. The smallest absolute Gasteiger partial charge is 0.304 e. The highest BCUT2D eigenvalue weighted by Crippen LogP contribution is 2.33. The first kappa shape index (κ1) is 16.9. The molecule has 2 aromatic heterocycles. The summed E-state index contributed by atoms with van der Waals surface area (Å²) in [5.74, 6) is -0.546. The van der Waals surface area contributed by atoms with Crippen LogP contribution in [0.3, 0.4) is 0 Å². The van der Waals surface area contributed by atoms with Crippen molar-refractivity contribution >= 4 is 34.8 Å². The first-order valence-electron chi connectivity index (χ1n) is 7.80. The number of nitrogens with zero attached hydrogens (tertiary/aromatic N) is 4. The topological polar surface area (TPSA) is 80.4 Å². The Bertz CT molecular complexity index is 967. The lowest BCUT2D eigenvalue weighted by Gasteiger charge is -2.21. The third kappa shape index (κ3) is 3.40. The van der Waals surface area contributed by atoms with Crippen molar-refractivity contribution in [2.75, 3.05) is 0 Å². The average Bonchev–Trinajstić information content (AvgIpc) is 3.26. The fraction of sp³-hybridized carbons (Fsp3) is 0.176. The predicted octanol–water partition coefficient (Wildman–Crippen LogP) is 3.27. The van der Waals surface area contributed by atoms with E-state index in [2.05, 4.69) is 15.3 Å². The largest absolute Gasteiger partial charge is 0.481 e. The summed E-state index contributed by atoms with van der Waals surface area (Å²) in [6.45, 7) is 0. The first-order chi connectivity index (χ1) is 12.6. The summed E-state index contributed by atoms with van der Waals surface area (Å²) in [5.41, 5.74) is 1.60.